The molecule has 1 aliphatic rings. The minimum Gasteiger partial charge on any atom is -0.338 e. The summed E-state index contributed by atoms with van der Waals surface area (Å²) < 4.78 is 1.45. The third-order valence-electron chi connectivity index (χ3n) is 4.78. The highest BCUT2D eigenvalue weighted by Gasteiger charge is 2.24. The maximum Gasteiger partial charge on any atom is 0.263 e. The molecule has 130 valence electrons. The average Bonchev–Trinajstić information content (AvgIpc) is 3.27. The van der Waals surface area contributed by atoms with Crippen LogP contribution in [0.3, 0.4) is 0 Å². The van der Waals surface area contributed by atoms with E-state index < -0.39 is 0 Å². The zero-order valence-electron chi connectivity index (χ0n) is 14.0. The lowest BCUT2D eigenvalue weighted by Gasteiger charge is -2.33. The number of hydrogen-bond donors (Lipinski definition) is 0. The molecule has 0 radical (unpaired) electrons. The Morgan fingerprint density at radius 1 is 1.36 bits per heavy atom. The molecule has 25 heavy (non-hydrogen) atoms. The third kappa shape index (κ3) is 3.02. The number of carbonyl (C=O) groups is 1. The van der Waals surface area contributed by atoms with Crippen LogP contribution in [0.25, 0.3) is 20.7 Å². The van der Waals surface area contributed by atoms with E-state index in [9.17, 15) is 9.59 Å². The Kier molecular flexibility index (Phi) is 4.43. The second-order valence-electron chi connectivity index (χ2n) is 6.42. The molecule has 0 spiro atoms. The van der Waals surface area contributed by atoms with E-state index in [0.29, 0.717) is 5.39 Å². The summed E-state index contributed by atoms with van der Waals surface area (Å²) in [5.41, 5.74) is 0.785. The molecule has 1 atom stereocenters. The van der Waals surface area contributed by atoms with Gasteiger partial charge < -0.3 is 4.90 Å². The fourth-order valence-electron chi connectivity index (χ4n) is 3.40. The first kappa shape index (κ1) is 16.5. The van der Waals surface area contributed by atoms with E-state index in [1.54, 1.807) is 11.3 Å². The molecule has 7 heteroatoms. The number of fused-ring (bicyclic) bond motifs is 1. The number of piperidine rings is 1. The summed E-state index contributed by atoms with van der Waals surface area (Å²) in [6.45, 7) is 2.92. The normalized spacial score (nSPS) is 18.0. The molecule has 1 fully saturated rings. The zero-order valence-corrected chi connectivity index (χ0v) is 15.6. The lowest BCUT2D eigenvalue weighted by Crippen LogP contribution is -2.44. The minimum absolute atomic E-state index is 0.00310. The van der Waals surface area contributed by atoms with E-state index >= 15 is 0 Å². The number of thiophene rings is 2. The van der Waals surface area contributed by atoms with Crippen LogP contribution in [-0.4, -0.2) is 32.9 Å². The van der Waals surface area contributed by atoms with Crippen LogP contribution in [0.1, 0.15) is 26.2 Å². The molecule has 0 aliphatic carbocycles. The van der Waals surface area contributed by atoms with Gasteiger partial charge in [0.1, 0.15) is 11.4 Å². The number of amides is 1. The van der Waals surface area contributed by atoms with Gasteiger partial charge in [-0.15, -0.1) is 22.7 Å². The Balaban J connectivity index is 1.69. The minimum atomic E-state index is -0.132. The Labute approximate surface area is 153 Å². The lowest BCUT2D eigenvalue weighted by molar-refractivity contribution is -0.135. The smallest absolute Gasteiger partial charge is 0.263 e. The molecule has 0 N–H and O–H groups in total. The predicted molar refractivity (Wildman–Crippen MR) is 102 cm³/mol. The zero-order chi connectivity index (χ0) is 17.4. The van der Waals surface area contributed by atoms with Crippen molar-refractivity contribution in [3.8, 4) is 10.4 Å². The van der Waals surface area contributed by atoms with Crippen molar-refractivity contribution in [3.05, 3.63) is 39.6 Å². The molecule has 0 bridgehead atoms. The van der Waals surface area contributed by atoms with Crippen molar-refractivity contribution in [1.82, 2.24) is 14.5 Å². The van der Waals surface area contributed by atoms with Gasteiger partial charge in [-0.1, -0.05) is 6.07 Å². The Hall–Kier alpha value is -1.99. The van der Waals surface area contributed by atoms with E-state index in [1.165, 1.54) is 22.2 Å². The molecule has 4 rings (SSSR count). The largest absolute Gasteiger partial charge is 0.338 e. The fourth-order valence-corrected chi connectivity index (χ4v) is 5.12. The highest BCUT2D eigenvalue weighted by molar-refractivity contribution is 7.18. The Morgan fingerprint density at radius 3 is 3.00 bits per heavy atom. The number of hydrogen-bond acceptors (Lipinski definition) is 5. The SMILES string of the molecule is CC1CCCCN1C(=O)Cn1cnc2scc(-c3cccs3)c2c1=O. The molecular formula is C18H19N3O2S2. The van der Waals surface area contributed by atoms with Gasteiger partial charge in [0.15, 0.2) is 0 Å². The average molecular weight is 374 g/mol. The van der Waals surface area contributed by atoms with Crippen LogP contribution >= 0.6 is 22.7 Å². The van der Waals surface area contributed by atoms with Gasteiger partial charge in [-0.05, 0) is 37.6 Å². The van der Waals surface area contributed by atoms with E-state index in [1.807, 2.05) is 27.8 Å². The lowest BCUT2D eigenvalue weighted by atomic mass is 10.0. The summed E-state index contributed by atoms with van der Waals surface area (Å²) in [5.74, 6) is 0.00310. The summed E-state index contributed by atoms with van der Waals surface area (Å²) in [4.78, 5) is 33.7. The van der Waals surface area contributed by atoms with Gasteiger partial charge in [-0.25, -0.2) is 4.98 Å². The number of nitrogens with zero attached hydrogens (tertiary/aromatic N) is 3. The van der Waals surface area contributed by atoms with Gasteiger partial charge in [-0.3, -0.25) is 14.2 Å². The van der Waals surface area contributed by atoms with Crippen LogP contribution in [-0.2, 0) is 11.3 Å². The number of rotatable bonds is 3. The summed E-state index contributed by atoms with van der Waals surface area (Å²) in [6, 6.07) is 4.22. The second-order valence-corrected chi connectivity index (χ2v) is 8.22. The molecule has 0 saturated carbocycles. The van der Waals surface area contributed by atoms with Gasteiger partial charge in [0.2, 0.25) is 5.91 Å². The van der Waals surface area contributed by atoms with Crippen LogP contribution in [0.5, 0.6) is 0 Å². The van der Waals surface area contributed by atoms with E-state index in [-0.39, 0.29) is 24.1 Å². The summed E-state index contributed by atoms with van der Waals surface area (Å²) in [7, 11) is 0. The molecular weight excluding hydrogens is 354 g/mol. The topological polar surface area (TPSA) is 55.2 Å². The first-order valence-corrected chi connectivity index (χ1v) is 10.2. The molecule has 1 amide bonds. The molecule has 1 saturated heterocycles. The molecule has 3 aromatic rings. The highest BCUT2D eigenvalue weighted by Crippen LogP contribution is 2.33. The van der Waals surface area contributed by atoms with Crippen molar-refractivity contribution in [2.45, 2.75) is 38.8 Å². The summed E-state index contributed by atoms with van der Waals surface area (Å²) in [5, 5.41) is 4.59. The highest BCUT2D eigenvalue weighted by atomic mass is 32.1. The van der Waals surface area contributed by atoms with Crippen LogP contribution in [0.2, 0.25) is 0 Å². The number of carbonyl (C=O) groups excluding carboxylic acids is 1. The van der Waals surface area contributed by atoms with E-state index in [0.717, 1.165) is 41.1 Å². The van der Waals surface area contributed by atoms with Crippen molar-refractivity contribution in [2.75, 3.05) is 6.54 Å². The van der Waals surface area contributed by atoms with Crippen LogP contribution in [0, 0.1) is 0 Å². The van der Waals surface area contributed by atoms with Crippen LogP contribution in [0.15, 0.2) is 34.0 Å². The van der Waals surface area contributed by atoms with Gasteiger partial charge in [0.25, 0.3) is 5.56 Å². The van der Waals surface area contributed by atoms with Crippen molar-refractivity contribution in [3.63, 3.8) is 0 Å². The Bertz CT molecular complexity index is 959. The van der Waals surface area contributed by atoms with Gasteiger partial charge >= 0.3 is 0 Å². The van der Waals surface area contributed by atoms with Gasteiger partial charge in [-0.2, -0.15) is 0 Å². The van der Waals surface area contributed by atoms with Crippen LogP contribution in [0.4, 0.5) is 0 Å². The van der Waals surface area contributed by atoms with E-state index in [4.69, 9.17) is 0 Å². The van der Waals surface area contributed by atoms with Crippen LogP contribution < -0.4 is 5.56 Å². The monoisotopic (exact) mass is 373 g/mol. The van der Waals surface area contributed by atoms with Crippen molar-refractivity contribution in [2.24, 2.45) is 0 Å². The molecule has 1 aliphatic heterocycles. The molecule has 4 heterocycles. The first-order valence-electron chi connectivity index (χ1n) is 8.45. The summed E-state index contributed by atoms with van der Waals surface area (Å²) in [6.07, 6.45) is 4.74. The maximum absolute atomic E-state index is 13.0. The maximum atomic E-state index is 13.0. The number of aromatic nitrogens is 2. The fraction of sp³-hybridized carbons (Fsp3) is 0.389. The van der Waals surface area contributed by atoms with Gasteiger partial charge in [0.05, 0.1) is 11.7 Å². The molecule has 0 aromatic carbocycles. The second kappa shape index (κ2) is 6.72. The molecule has 5 nitrogen and oxygen atoms in total. The van der Waals surface area contributed by atoms with E-state index in [2.05, 4.69) is 11.9 Å². The van der Waals surface area contributed by atoms with Crippen molar-refractivity contribution in [1.29, 1.82) is 0 Å². The number of likely N-dealkylation sites (tertiary alicyclic amines) is 1. The molecule has 3 aromatic heterocycles. The Morgan fingerprint density at radius 2 is 2.24 bits per heavy atom. The van der Waals surface area contributed by atoms with Crippen molar-refractivity contribution < 1.29 is 4.79 Å². The standard InChI is InChI=1S/C18H19N3O2S2/c1-12-5-2-3-7-21(12)15(22)9-20-11-19-17-16(18(20)23)13(10-25-17)14-6-4-8-24-14/h4,6,8,10-12H,2-3,5,7,9H2,1H3. The third-order valence-corrected chi connectivity index (χ3v) is 6.57. The first-order chi connectivity index (χ1) is 12.1. The molecule has 1 unspecified atom stereocenters. The van der Waals surface area contributed by atoms with Gasteiger partial charge in [0, 0.05) is 28.4 Å². The van der Waals surface area contributed by atoms with Crippen molar-refractivity contribution >= 4 is 38.8 Å². The quantitative estimate of drug-likeness (QED) is 0.705. The predicted octanol–water partition coefficient (Wildman–Crippen LogP) is 3.59. The summed E-state index contributed by atoms with van der Waals surface area (Å²) >= 11 is 3.07.